The van der Waals surface area contributed by atoms with Crippen LogP contribution >= 0.6 is 0 Å². The maximum Gasteiger partial charge on any atom is 0.131 e. The molecule has 6 aliphatic carbocycles. The fourth-order valence-corrected chi connectivity index (χ4v) is 9.84. The van der Waals surface area contributed by atoms with Gasteiger partial charge in [-0.25, -0.2) is 0 Å². The first-order valence-electron chi connectivity index (χ1n) is 18.3. The Kier molecular flexibility index (Phi) is 6.48. The summed E-state index contributed by atoms with van der Waals surface area (Å²) in [5.74, 6) is 1.92. The van der Waals surface area contributed by atoms with Gasteiger partial charge in [-0.3, -0.25) is 0 Å². The van der Waals surface area contributed by atoms with Gasteiger partial charge in [-0.05, 0) is 112 Å². The third-order valence-electron chi connectivity index (χ3n) is 12.3. The maximum absolute atomic E-state index is 6.66. The van der Waals surface area contributed by atoms with Gasteiger partial charge in [-0.15, -0.1) is 0 Å². The van der Waals surface area contributed by atoms with Crippen molar-refractivity contribution in [2.75, 3.05) is 0 Å². The second kappa shape index (κ2) is 11.0. The van der Waals surface area contributed by atoms with Gasteiger partial charge in [0.25, 0.3) is 0 Å². The Bertz CT molecular complexity index is 2180. The van der Waals surface area contributed by atoms with Crippen LogP contribution in [0.2, 0.25) is 0 Å². The fourth-order valence-electron chi connectivity index (χ4n) is 9.84. The Hall–Kier alpha value is -4.62. The molecule has 0 bridgehead atoms. The predicted octanol–water partition coefficient (Wildman–Crippen LogP) is 11.9. The predicted molar refractivity (Wildman–Crippen MR) is 201 cm³/mol. The zero-order chi connectivity index (χ0) is 31.8. The summed E-state index contributed by atoms with van der Waals surface area (Å²) in [6.07, 6.45) is 38.5. The van der Waals surface area contributed by atoms with Crippen LogP contribution in [0.15, 0.2) is 132 Å². The van der Waals surface area contributed by atoms with E-state index < -0.39 is 0 Å². The monoisotopic (exact) mass is 622 g/mol. The number of allylic oxidation sites excluding steroid dienone is 15. The third-order valence-corrected chi connectivity index (χ3v) is 12.3. The smallest absolute Gasteiger partial charge is 0.131 e. The normalized spacial score (nSPS) is 28.0. The van der Waals surface area contributed by atoms with Crippen LogP contribution in [0.4, 0.5) is 0 Å². The molecule has 0 amide bonds. The molecule has 7 aliphatic rings. The largest absolute Gasteiger partial charge is 0.484 e. The van der Waals surface area contributed by atoms with Crippen molar-refractivity contribution in [1.29, 1.82) is 0 Å². The summed E-state index contributed by atoms with van der Waals surface area (Å²) >= 11 is 0. The minimum Gasteiger partial charge on any atom is -0.484 e. The van der Waals surface area contributed by atoms with Crippen LogP contribution in [0.25, 0.3) is 33.6 Å². The number of hydrogen-bond donors (Lipinski definition) is 0. The lowest BCUT2D eigenvalue weighted by molar-refractivity contribution is 0.197. The second-order valence-electron chi connectivity index (χ2n) is 15.0. The van der Waals surface area contributed by atoms with E-state index in [1.807, 2.05) is 0 Å². The number of ether oxygens (including phenoxy) is 1. The van der Waals surface area contributed by atoms with Crippen molar-refractivity contribution in [2.24, 2.45) is 17.3 Å². The zero-order valence-electron chi connectivity index (χ0n) is 27.8. The average Bonchev–Trinajstić information content (AvgIpc) is 3.52. The van der Waals surface area contributed by atoms with Gasteiger partial charge >= 0.3 is 0 Å². The van der Waals surface area contributed by atoms with E-state index in [-0.39, 0.29) is 11.5 Å². The Balaban J connectivity index is 1.13. The second-order valence-corrected chi connectivity index (χ2v) is 15.0. The highest BCUT2D eigenvalue weighted by Gasteiger charge is 2.42. The number of hydrogen-bond acceptors (Lipinski definition) is 1. The van der Waals surface area contributed by atoms with Crippen LogP contribution in [0, 0.1) is 17.3 Å². The number of para-hydroxylation sites is 1. The zero-order valence-corrected chi connectivity index (χ0v) is 27.8. The maximum atomic E-state index is 6.66. The Morgan fingerprint density at radius 3 is 2.60 bits per heavy atom. The number of fused-ring (bicyclic) bond motifs is 8. The van der Waals surface area contributed by atoms with E-state index in [0.29, 0.717) is 11.8 Å². The molecule has 1 aliphatic heterocycles. The van der Waals surface area contributed by atoms with Crippen LogP contribution in [0.3, 0.4) is 0 Å². The van der Waals surface area contributed by atoms with Crippen LogP contribution in [-0.2, 0) is 6.42 Å². The highest BCUT2D eigenvalue weighted by molar-refractivity contribution is 6.08. The molecule has 1 saturated carbocycles. The average molecular weight is 623 g/mol. The lowest BCUT2D eigenvalue weighted by Crippen LogP contribution is -2.31. The van der Waals surface area contributed by atoms with E-state index in [4.69, 9.17) is 4.74 Å². The summed E-state index contributed by atoms with van der Waals surface area (Å²) in [6, 6.07) is 17.9. The van der Waals surface area contributed by atoms with E-state index >= 15 is 0 Å². The van der Waals surface area contributed by atoms with Gasteiger partial charge in [0, 0.05) is 28.4 Å². The van der Waals surface area contributed by atoms with Crippen molar-refractivity contribution >= 4 is 33.6 Å². The Morgan fingerprint density at radius 1 is 0.792 bits per heavy atom. The summed E-state index contributed by atoms with van der Waals surface area (Å²) in [5, 5.41) is 2.76. The third kappa shape index (κ3) is 4.29. The molecular weight excluding hydrogens is 581 g/mol. The molecule has 3 aromatic carbocycles. The van der Waals surface area contributed by atoms with Crippen LogP contribution in [0.1, 0.15) is 79.7 Å². The molecule has 4 atom stereocenters. The fraction of sp³-hybridized carbons (Fsp3) is 0.277. The molecule has 1 nitrogen and oxygen atoms in total. The minimum absolute atomic E-state index is 0.0478. The summed E-state index contributed by atoms with van der Waals surface area (Å²) in [6.45, 7) is 2.35. The van der Waals surface area contributed by atoms with Gasteiger partial charge in [0.1, 0.15) is 11.9 Å². The quantitative estimate of drug-likeness (QED) is 0.282. The van der Waals surface area contributed by atoms with E-state index in [1.165, 1.54) is 92.1 Å². The highest BCUT2D eigenvalue weighted by Crippen LogP contribution is 2.52. The van der Waals surface area contributed by atoms with E-state index in [9.17, 15) is 0 Å². The number of rotatable bonds is 3. The van der Waals surface area contributed by atoms with Gasteiger partial charge in [-0.1, -0.05) is 128 Å². The molecule has 0 saturated heterocycles. The first-order valence-corrected chi connectivity index (χ1v) is 18.3. The molecule has 3 aromatic rings. The molecule has 1 heterocycles. The van der Waals surface area contributed by atoms with Gasteiger partial charge in [-0.2, -0.15) is 0 Å². The van der Waals surface area contributed by atoms with Crippen molar-refractivity contribution in [3.63, 3.8) is 0 Å². The molecule has 4 unspecified atom stereocenters. The molecule has 48 heavy (non-hydrogen) atoms. The van der Waals surface area contributed by atoms with E-state index in [0.717, 1.165) is 31.4 Å². The van der Waals surface area contributed by atoms with Crippen molar-refractivity contribution in [1.82, 2.24) is 0 Å². The molecule has 1 fully saturated rings. The van der Waals surface area contributed by atoms with E-state index in [1.54, 1.807) is 5.57 Å². The Labute approximate surface area is 284 Å². The molecular formula is C47H42O. The van der Waals surface area contributed by atoms with Crippen molar-refractivity contribution in [3.8, 4) is 5.75 Å². The highest BCUT2D eigenvalue weighted by atomic mass is 16.5. The minimum atomic E-state index is 0.0478. The van der Waals surface area contributed by atoms with Gasteiger partial charge in [0.2, 0.25) is 0 Å². The van der Waals surface area contributed by atoms with Crippen LogP contribution < -0.4 is 4.74 Å². The summed E-state index contributed by atoms with van der Waals surface area (Å²) in [4.78, 5) is 0. The Morgan fingerprint density at radius 2 is 1.67 bits per heavy atom. The topological polar surface area (TPSA) is 9.23 Å². The molecule has 0 spiro atoms. The molecule has 0 aromatic heterocycles. The number of benzene rings is 3. The van der Waals surface area contributed by atoms with Gasteiger partial charge in [0.15, 0.2) is 0 Å². The molecule has 0 N–H and O–H groups in total. The molecule has 236 valence electrons. The van der Waals surface area contributed by atoms with E-state index in [2.05, 4.69) is 128 Å². The lowest BCUT2D eigenvalue weighted by Gasteiger charge is -2.36. The van der Waals surface area contributed by atoms with Gasteiger partial charge in [0.05, 0.1) is 0 Å². The SMILES string of the molecule is CC12C=CC=CC1C=C(c1c3c(c(C4=CCCC(C5=C6CCCCC6C6Oc7ccccc7C6=C5)=C4)c4ccccc14)CCC=C3)C=C2. The molecule has 10 rings (SSSR count). The first kappa shape index (κ1) is 28.4. The summed E-state index contributed by atoms with van der Waals surface area (Å²) in [7, 11) is 0. The summed E-state index contributed by atoms with van der Waals surface area (Å²) < 4.78 is 6.66. The van der Waals surface area contributed by atoms with Crippen LogP contribution in [0.5, 0.6) is 5.75 Å². The first-order chi connectivity index (χ1) is 23.7. The molecule has 1 heteroatoms. The van der Waals surface area contributed by atoms with Crippen molar-refractivity contribution < 1.29 is 4.74 Å². The van der Waals surface area contributed by atoms with Crippen LogP contribution in [-0.4, -0.2) is 6.10 Å². The van der Waals surface area contributed by atoms with Crippen molar-refractivity contribution in [2.45, 2.75) is 64.4 Å². The lowest BCUT2D eigenvalue weighted by atomic mass is 9.69. The molecule has 0 radical (unpaired) electrons. The van der Waals surface area contributed by atoms with Gasteiger partial charge < -0.3 is 4.74 Å². The van der Waals surface area contributed by atoms with Crippen molar-refractivity contribution in [3.05, 3.63) is 160 Å². The standard InChI is InChI=1S/C47H42O/c1-47-25-11-10-15-33(47)28-32(24-26-47)45-38-20-5-3-18-36(38)44(37-19-4-6-21-39(37)45)31-14-12-13-30(27-31)41-29-42-35-17-8-9-23-43(35)48-46(42)40-22-7-2-16-34(40)41/h3,5-6,8-11,14-15,17-18,20-21,23-29,33,40,46H,2,4,7,12-13,16,19,22H2,1H3. The summed E-state index contributed by atoms with van der Waals surface area (Å²) in [5.41, 5.74) is 16.0.